The second-order valence-electron chi connectivity index (χ2n) is 4.83. The number of aromatic amines is 1. The van der Waals surface area contributed by atoms with E-state index < -0.39 is 22.0 Å². The number of carbonyl (C=O) groups excluding carboxylic acids is 1. The topological polar surface area (TPSA) is 117 Å². The Hall–Kier alpha value is -2.22. The highest BCUT2D eigenvalue weighted by Crippen LogP contribution is 2.22. The number of nitro groups is 1. The predicted molar refractivity (Wildman–Crippen MR) is 64.9 cm³/mol. The maximum atomic E-state index is 12.1. The summed E-state index contributed by atoms with van der Waals surface area (Å²) in [5, 5.41) is 20.4. The van der Waals surface area contributed by atoms with Gasteiger partial charge in [0.1, 0.15) is 5.56 Å². The average molecular weight is 267 g/mol. The summed E-state index contributed by atoms with van der Waals surface area (Å²) in [6.45, 7) is 2.01. The molecule has 19 heavy (non-hydrogen) atoms. The molecule has 2 rings (SSSR count). The van der Waals surface area contributed by atoms with E-state index in [2.05, 4.69) is 4.98 Å². The summed E-state index contributed by atoms with van der Waals surface area (Å²) in [5.41, 5.74) is -2.30. The number of carbonyl (C=O) groups is 1. The molecule has 8 nitrogen and oxygen atoms in total. The second kappa shape index (κ2) is 4.47. The molecule has 8 heteroatoms. The first kappa shape index (κ1) is 13.2. The lowest BCUT2D eigenvalue weighted by Crippen LogP contribution is -2.36. The van der Waals surface area contributed by atoms with Gasteiger partial charge in [-0.15, -0.1) is 0 Å². The van der Waals surface area contributed by atoms with E-state index in [-0.39, 0.29) is 17.8 Å². The van der Waals surface area contributed by atoms with Crippen LogP contribution in [-0.2, 0) is 0 Å². The highest BCUT2D eigenvalue weighted by Gasteiger charge is 2.35. The highest BCUT2D eigenvalue weighted by molar-refractivity contribution is 5.94. The molecule has 0 saturated carbocycles. The van der Waals surface area contributed by atoms with Gasteiger partial charge in [-0.1, -0.05) is 0 Å². The predicted octanol–water partition coefficient (Wildman–Crippen LogP) is -0.120. The minimum atomic E-state index is -0.983. The molecule has 1 saturated heterocycles. The molecule has 0 radical (unpaired) electrons. The zero-order valence-corrected chi connectivity index (χ0v) is 10.3. The standard InChI is InChI=1S/C11H13N3O5/c1-11(17)2-3-13(6-11)10(16)8-4-7(14(18)19)5-12-9(8)15/h4-5,17H,2-3,6H2,1H3,(H,12,15). The van der Waals surface area contributed by atoms with Gasteiger partial charge in [0.2, 0.25) is 0 Å². The van der Waals surface area contributed by atoms with E-state index in [1.165, 1.54) is 4.90 Å². The number of nitrogens with zero attached hydrogens (tertiary/aromatic N) is 2. The lowest BCUT2D eigenvalue weighted by Gasteiger charge is -2.18. The molecule has 1 atom stereocenters. The first-order valence-electron chi connectivity index (χ1n) is 5.69. The fourth-order valence-electron chi connectivity index (χ4n) is 2.03. The molecule has 0 bridgehead atoms. The Bertz CT molecular complexity index is 592. The summed E-state index contributed by atoms with van der Waals surface area (Å²) in [7, 11) is 0. The molecular weight excluding hydrogens is 254 g/mol. The number of rotatable bonds is 2. The summed E-state index contributed by atoms with van der Waals surface area (Å²) < 4.78 is 0. The summed E-state index contributed by atoms with van der Waals surface area (Å²) in [6.07, 6.45) is 1.35. The van der Waals surface area contributed by atoms with Crippen LogP contribution < -0.4 is 5.56 Å². The fraction of sp³-hybridized carbons (Fsp3) is 0.455. The Morgan fingerprint density at radius 2 is 2.32 bits per heavy atom. The van der Waals surface area contributed by atoms with E-state index in [9.17, 15) is 24.8 Å². The molecule has 2 N–H and O–H groups in total. The molecule has 102 valence electrons. The fourth-order valence-corrected chi connectivity index (χ4v) is 2.03. The minimum absolute atomic E-state index is 0.105. The van der Waals surface area contributed by atoms with Gasteiger partial charge in [-0.25, -0.2) is 0 Å². The first-order chi connectivity index (χ1) is 8.80. The molecule has 1 aromatic rings. The van der Waals surface area contributed by atoms with Crippen LogP contribution in [0.25, 0.3) is 0 Å². The van der Waals surface area contributed by atoms with Crippen LogP contribution in [0, 0.1) is 10.1 Å². The highest BCUT2D eigenvalue weighted by atomic mass is 16.6. The quantitative estimate of drug-likeness (QED) is 0.572. The van der Waals surface area contributed by atoms with Crippen molar-refractivity contribution in [1.82, 2.24) is 9.88 Å². The van der Waals surface area contributed by atoms with Crippen molar-refractivity contribution in [1.29, 1.82) is 0 Å². The van der Waals surface area contributed by atoms with Crippen molar-refractivity contribution in [3.63, 3.8) is 0 Å². The van der Waals surface area contributed by atoms with Crippen LogP contribution in [0.15, 0.2) is 17.1 Å². The normalized spacial score (nSPS) is 22.5. The third-order valence-electron chi connectivity index (χ3n) is 3.07. The second-order valence-corrected chi connectivity index (χ2v) is 4.83. The Morgan fingerprint density at radius 3 is 2.84 bits per heavy atom. The minimum Gasteiger partial charge on any atom is -0.388 e. The van der Waals surface area contributed by atoms with Gasteiger partial charge in [-0.3, -0.25) is 19.7 Å². The van der Waals surface area contributed by atoms with Crippen molar-refractivity contribution in [2.75, 3.05) is 13.1 Å². The smallest absolute Gasteiger partial charge is 0.286 e. The van der Waals surface area contributed by atoms with Gasteiger partial charge in [0.05, 0.1) is 16.7 Å². The van der Waals surface area contributed by atoms with Gasteiger partial charge in [-0.2, -0.15) is 0 Å². The van der Waals surface area contributed by atoms with Gasteiger partial charge in [0.15, 0.2) is 0 Å². The summed E-state index contributed by atoms with van der Waals surface area (Å²) in [4.78, 5) is 37.1. The third-order valence-corrected chi connectivity index (χ3v) is 3.07. The SMILES string of the molecule is CC1(O)CCN(C(=O)c2cc([N+](=O)[O-])c[nH]c2=O)C1. The van der Waals surface area contributed by atoms with Crippen molar-refractivity contribution in [2.24, 2.45) is 0 Å². The number of hydrogen-bond acceptors (Lipinski definition) is 5. The summed E-state index contributed by atoms with van der Waals surface area (Å²) >= 11 is 0. The van der Waals surface area contributed by atoms with Crippen molar-refractivity contribution < 1.29 is 14.8 Å². The van der Waals surface area contributed by atoms with Crippen molar-refractivity contribution in [3.8, 4) is 0 Å². The number of amides is 1. The number of pyridine rings is 1. The molecule has 2 heterocycles. The van der Waals surface area contributed by atoms with Crippen LogP contribution in [0.3, 0.4) is 0 Å². The Balaban J connectivity index is 2.32. The lowest BCUT2D eigenvalue weighted by atomic mass is 10.1. The maximum Gasteiger partial charge on any atom is 0.286 e. The number of hydrogen-bond donors (Lipinski definition) is 2. The zero-order valence-electron chi connectivity index (χ0n) is 10.3. The summed E-state index contributed by atoms with van der Waals surface area (Å²) in [6, 6.07) is 0.953. The van der Waals surface area contributed by atoms with E-state index in [1.807, 2.05) is 0 Å². The van der Waals surface area contributed by atoms with Crippen molar-refractivity contribution in [3.05, 3.63) is 38.3 Å². The molecule has 0 spiro atoms. The van der Waals surface area contributed by atoms with Crippen LogP contribution in [0.4, 0.5) is 5.69 Å². The number of aliphatic hydroxyl groups is 1. The molecule has 1 fully saturated rings. The average Bonchev–Trinajstić information content (AvgIpc) is 2.69. The van der Waals surface area contributed by atoms with E-state index >= 15 is 0 Å². The Kier molecular flexibility index (Phi) is 3.11. The third kappa shape index (κ3) is 2.63. The van der Waals surface area contributed by atoms with Crippen LogP contribution in [0.1, 0.15) is 23.7 Å². The van der Waals surface area contributed by atoms with Gasteiger partial charge in [0, 0.05) is 19.2 Å². The van der Waals surface area contributed by atoms with Gasteiger partial charge in [-0.05, 0) is 13.3 Å². The molecule has 1 amide bonds. The molecule has 1 aliphatic heterocycles. The summed E-state index contributed by atoms with van der Waals surface area (Å²) in [5.74, 6) is -0.609. The molecular formula is C11H13N3O5. The Morgan fingerprint density at radius 1 is 1.63 bits per heavy atom. The number of aromatic nitrogens is 1. The number of nitrogens with one attached hydrogen (secondary N) is 1. The van der Waals surface area contributed by atoms with E-state index in [0.29, 0.717) is 13.0 Å². The van der Waals surface area contributed by atoms with E-state index in [4.69, 9.17) is 0 Å². The maximum absolute atomic E-state index is 12.1. The van der Waals surface area contributed by atoms with Crippen LogP contribution >= 0.6 is 0 Å². The number of β-amino-alcohol motifs (C(OH)–C–C–N with tert-alkyl or cyclic N) is 1. The molecule has 0 aliphatic carbocycles. The van der Waals surface area contributed by atoms with Crippen LogP contribution in [0.2, 0.25) is 0 Å². The molecule has 0 aromatic carbocycles. The van der Waals surface area contributed by atoms with Crippen LogP contribution in [-0.4, -0.2) is 44.5 Å². The molecule has 1 unspecified atom stereocenters. The number of likely N-dealkylation sites (tertiary alicyclic amines) is 1. The van der Waals surface area contributed by atoms with Gasteiger partial charge < -0.3 is 15.0 Å². The number of H-pyrrole nitrogens is 1. The zero-order chi connectivity index (χ0) is 14.2. The van der Waals surface area contributed by atoms with Gasteiger partial charge in [0.25, 0.3) is 17.2 Å². The monoisotopic (exact) mass is 267 g/mol. The lowest BCUT2D eigenvalue weighted by molar-refractivity contribution is -0.385. The van der Waals surface area contributed by atoms with E-state index in [1.54, 1.807) is 6.92 Å². The van der Waals surface area contributed by atoms with Gasteiger partial charge >= 0.3 is 0 Å². The van der Waals surface area contributed by atoms with E-state index in [0.717, 1.165) is 12.3 Å². The first-order valence-corrected chi connectivity index (χ1v) is 5.69. The molecule has 1 aromatic heterocycles. The van der Waals surface area contributed by atoms with Crippen molar-refractivity contribution in [2.45, 2.75) is 18.9 Å². The van der Waals surface area contributed by atoms with Crippen LogP contribution in [0.5, 0.6) is 0 Å². The molecule has 1 aliphatic rings. The van der Waals surface area contributed by atoms with Crippen molar-refractivity contribution >= 4 is 11.6 Å². The largest absolute Gasteiger partial charge is 0.388 e. The Labute approximate surface area is 107 Å².